The molecule has 0 spiro atoms. The molecule has 1 nitrogen and oxygen atoms in total. The summed E-state index contributed by atoms with van der Waals surface area (Å²) in [6.45, 7) is 5.58. The summed E-state index contributed by atoms with van der Waals surface area (Å²) in [5.74, 6) is 0.961. The Labute approximate surface area is 92.9 Å². The lowest BCUT2D eigenvalue weighted by atomic mass is 10.1. The van der Waals surface area contributed by atoms with Crippen LogP contribution in [0, 0.1) is 12.8 Å². The number of hydrogen-bond donors (Lipinski definition) is 1. The molecule has 2 rings (SSSR count). The van der Waals surface area contributed by atoms with Gasteiger partial charge in [-0.2, -0.15) is 0 Å². The van der Waals surface area contributed by atoms with Crippen molar-refractivity contribution in [1.29, 1.82) is 0 Å². The van der Waals surface area contributed by atoms with E-state index in [0.717, 1.165) is 24.9 Å². The Balaban J connectivity index is 1.73. The molecule has 0 radical (unpaired) electrons. The lowest BCUT2D eigenvalue weighted by molar-refractivity contribution is 0.500. The Kier molecular flexibility index (Phi) is 3.42. The molecule has 1 fully saturated rings. The van der Waals surface area contributed by atoms with Gasteiger partial charge in [-0.25, -0.2) is 0 Å². The van der Waals surface area contributed by atoms with Crippen LogP contribution in [0.25, 0.3) is 0 Å². The topological polar surface area (TPSA) is 12.0 Å². The predicted octanol–water partition coefficient (Wildman–Crippen LogP) is 2.93. The fourth-order valence-corrected chi connectivity index (χ4v) is 2.07. The van der Waals surface area contributed by atoms with Crippen molar-refractivity contribution < 1.29 is 0 Å². The summed E-state index contributed by atoms with van der Waals surface area (Å²) in [5, 5.41) is 3.61. The van der Waals surface area contributed by atoms with E-state index in [-0.39, 0.29) is 0 Å². The number of aryl methyl sites for hydroxylation is 1. The number of nitrogens with one attached hydrogen (secondary N) is 1. The van der Waals surface area contributed by atoms with Gasteiger partial charge in [0.05, 0.1) is 0 Å². The van der Waals surface area contributed by atoms with E-state index in [1.54, 1.807) is 0 Å². The van der Waals surface area contributed by atoms with Crippen molar-refractivity contribution in [1.82, 2.24) is 5.32 Å². The summed E-state index contributed by atoms with van der Waals surface area (Å²) < 4.78 is 0. The van der Waals surface area contributed by atoms with Crippen LogP contribution in [0.1, 0.15) is 30.9 Å². The van der Waals surface area contributed by atoms with E-state index < -0.39 is 0 Å². The van der Waals surface area contributed by atoms with Gasteiger partial charge >= 0.3 is 0 Å². The van der Waals surface area contributed by atoms with Crippen molar-refractivity contribution in [2.24, 2.45) is 5.92 Å². The van der Waals surface area contributed by atoms with E-state index in [0.29, 0.717) is 0 Å². The van der Waals surface area contributed by atoms with Crippen LogP contribution in [0.4, 0.5) is 0 Å². The first kappa shape index (κ1) is 10.7. The Morgan fingerprint density at radius 2 is 2.20 bits per heavy atom. The third-order valence-electron chi connectivity index (χ3n) is 3.29. The van der Waals surface area contributed by atoms with Crippen LogP contribution in [0.3, 0.4) is 0 Å². The summed E-state index contributed by atoms with van der Waals surface area (Å²) in [6.07, 6.45) is 4.01. The maximum atomic E-state index is 3.61. The standard InChI is InChI=1S/C14H21N/c1-11-4-3-5-13(10-11)8-9-15-12(2)14-6-7-14/h3-5,10,12,14-15H,6-9H2,1-2H3. The zero-order valence-electron chi connectivity index (χ0n) is 9.79. The second-order valence-corrected chi connectivity index (χ2v) is 4.82. The molecule has 1 aromatic carbocycles. The van der Waals surface area contributed by atoms with Crippen LogP contribution in [0.5, 0.6) is 0 Å². The van der Waals surface area contributed by atoms with E-state index in [1.165, 1.54) is 24.0 Å². The minimum Gasteiger partial charge on any atom is -0.314 e. The minimum absolute atomic E-state index is 0.717. The second-order valence-electron chi connectivity index (χ2n) is 4.82. The summed E-state index contributed by atoms with van der Waals surface area (Å²) in [5.41, 5.74) is 2.81. The minimum atomic E-state index is 0.717. The number of benzene rings is 1. The van der Waals surface area contributed by atoms with E-state index in [9.17, 15) is 0 Å². The third-order valence-corrected chi connectivity index (χ3v) is 3.29. The molecule has 0 amide bonds. The molecule has 1 atom stereocenters. The van der Waals surface area contributed by atoms with Crippen molar-refractivity contribution in [3.8, 4) is 0 Å². The van der Waals surface area contributed by atoms with Gasteiger partial charge in [0.1, 0.15) is 0 Å². The molecule has 0 aromatic heterocycles. The molecule has 1 saturated carbocycles. The van der Waals surface area contributed by atoms with Gasteiger partial charge in [0.2, 0.25) is 0 Å². The van der Waals surface area contributed by atoms with E-state index in [4.69, 9.17) is 0 Å². The normalized spacial score (nSPS) is 17.7. The Bertz CT molecular complexity index is 315. The summed E-state index contributed by atoms with van der Waals surface area (Å²) in [7, 11) is 0. The smallest absolute Gasteiger partial charge is 0.00671 e. The SMILES string of the molecule is Cc1cccc(CCNC(C)C2CC2)c1. The maximum Gasteiger partial charge on any atom is 0.00671 e. The van der Waals surface area contributed by atoms with Crippen molar-refractivity contribution in [3.63, 3.8) is 0 Å². The second kappa shape index (κ2) is 4.80. The molecule has 15 heavy (non-hydrogen) atoms. The van der Waals surface area contributed by atoms with E-state index in [1.807, 2.05) is 0 Å². The van der Waals surface area contributed by atoms with Crippen LogP contribution < -0.4 is 5.32 Å². The largest absolute Gasteiger partial charge is 0.314 e. The average Bonchev–Trinajstić information content (AvgIpc) is 3.00. The molecule has 1 unspecified atom stereocenters. The zero-order chi connectivity index (χ0) is 10.7. The molecule has 0 bridgehead atoms. The fourth-order valence-electron chi connectivity index (χ4n) is 2.07. The van der Waals surface area contributed by atoms with Crippen LogP contribution in [-0.2, 0) is 6.42 Å². The molecule has 1 aromatic rings. The first-order valence-corrected chi connectivity index (χ1v) is 6.04. The van der Waals surface area contributed by atoms with Gasteiger partial charge < -0.3 is 5.32 Å². The van der Waals surface area contributed by atoms with Crippen molar-refractivity contribution in [3.05, 3.63) is 35.4 Å². The van der Waals surface area contributed by atoms with Crippen LogP contribution in [0.15, 0.2) is 24.3 Å². The summed E-state index contributed by atoms with van der Waals surface area (Å²) in [6, 6.07) is 9.52. The highest BCUT2D eigenvalue weighted by Gasteiger charge is 2.27. The molecule has 0 saturated heterocycles. The lowest BCUT2D eigenvalue weighted by Gasteiger charge is -2.12. The third kappa shape index (κ3) is 3.35. The molecule has 1 heteroatoms. The molecule has 1 aliphatic carbocycles. The highest BCUT2D eigenvalue weighted by molar-refractivity contribution is 5.22. The molecule has 82 valence electrons. The van der Waals surface area contributed by atoms with Gasteiger partial charge in [-0.15, -0.1) is 0 Å². The molecule has 0 aliphatic heterocycles. The van der Waals surface area contributed by atoms with Crippen LogP contribution in [0.2, 0.25) is 0 Å². The highest BCUT2D eigenvalue weighted by Crippen LogP contribution is 2.32. The van der Waals surface area contributed by atoms with Gasteiger partial charge in [-0.3, -0.25) is 0 Å². The number of rotatable bonds is 5. The Hall–Kier alpha value is -0.820. The molecular formula is C14H21N. The quantitative estimate of drug-likeness (QED) is 0.776. The van der Waals surface area contributed by atoms with Gasteiger partial charge in [-0.05, 0) is 51.1 Å². The first-order chi connectivity index (χ1) is 7.25. The summed E-state index contributed by atoms with van der Waals surface area (Å²) >= 11 is 0. The average molecular weight is 203 g/mol. The van der Waals surface area contributed by atoms with Gasteiger partial charge in [-0.1, -0.05) is 29.8 Å². The maximum absolute atomic E-state index is 3.61. The Morgan fingerprint density at radius 3 is 2.87 bits per heavy atom. The first-order valence-electron chi connectivity index (χ1n) is 6.04. The zero-order valence-corrected chi connectivity index (χ0v) is 9.79. The monoisotopic (exact) mass is 203 g/mol. The summed E-state index contributed by atoms with van der Waals surface area (Å²) in [4.78, 5) is 0. The fraction of sp³-hybridized carbons (Fsp3) is 0.571. The molecule has 0 heterocycles. The van der Waals surface area contributed by atoms with E-state index >= 15 is 0 Å². The van der Waals surface area contributed by atoms with Crippen LogP contribution in [-0.4, -0.2) is 12.6 Å². The van der Waals surface area contributed by atoms with Crippen molar-refractivity contribution in [2.45, 2.75) is 39.2 Å². The van der Waals surface area contributed by atoms with Gasteiger partial charge in [0, 0.05) is 6.04 Å². The van der Waals surface area contributed by atoms with Crippen molar-refractivity contribution >= 4 is 0 Å². The van der Waals surface area contributed by atoms with Crippen molar-refractivity contribution in [2.75, 3.05) is 6.54 Å². The van der Waals surface area contributed by atoms with Gasteiger partial charge in [0.25, 0.3) is 0 Å². The highest BCUT2D eigenvalue weighted by atomic mass is 14.9. The number of hydrogen-bond acceptors (Lipinski definition) is 1. The van der Waals surface area contributed by atoms with Crippen LogP contribution >= 0.6 is 0 Å². The Morgan fingerprint density at radius 1 is 1.40 bits per heavy atom. The lowest BCUT2D eigenvalue weighted by Crippen LogP contribution is -2.29. The molecule has 1 aliphatic rings. The van der Waals surface area contributed by atoms with Gasteiger partial charge in [0.15, 0.2) is 0 Å². The predicted molar refractivity (Wildman–Crippen MR) is 65.1 cm³/mol. The molecule has 1 N–H and O–H groups in total. The molecular weight excluding hydrogens is 182 g/mol. The van der Waals surface area contributed by atoms with E-state index in [2.05, 4.69) is 43.4 Å².